The number of nitrogens with two attached hydrogens (primary N) is 1. The highest BCUT2D eigenvalue weighted by Gasteiger charge is 2.02. The van der Waals surface area contributed by atoms with Crippen LogP contribution in [0.25, 0.3) is 0 Å². The highest BCUT2D eigenvalue weighted by atomic mass is 35.5. The number of carbonyl (C=O) groups excluding carboxylic acids is 1. The molecule has 0 unspecified atom stereocenters. The number of carbonyl (C=O) groups is 1. The van der Waals surface area contributed by atoms with Crippen molar-refractivity contribution < 1.29 is 4.79 Å². The summed E-state index contributed by atoms with van der Waals surface area (Å²) in [6.07, 6.45) is 1.28. The van der Waals surface area contributed by atoms with Crippen molar-refractivity contribution in [2.75, 3.05) is 0 Å². The van der Waals surface area contributed by atoms with Crippen molar-refractivity contribution in [1.29, 1.82) is 5.26 Å². The minimum Gasteiger partial charge on any atom is -0.384 e. The summed E-state index contributed by atoms with van der Waals surface area (Å²) in [5.74, 6) is -0.182. The largest absolute Gasteiger partial charge is 0.384 e. The first-order valence-electron chi connectivity index (χ1n) is 4.76. The maximum atomic E-state index is 11.4. The summed E-state index contributed by atoms with van der Waals surface area (Å²) in [4.78, 5) is 11.4. The second kappa shape index (κ2) is 6.40. The average Bonchev–Trinajstić information content (AvgIpc) is 2.30. The predicted octanol–water partition coefficient (Wildman–Crippen LogP) is 0.827. The normalized spacial score (nSPS) is 10.5. The highest BCUT2D eigenvalue weighted by molar-refractivity contribution is 6.30. The summed E-state index contributed by atoms with van der Waals surface area (Å²) in [7, 11) is 0. The van der Waals surface area contributed by atoms with Crippen LogP contribution in [0.2, 0.25) is 5.02 Å². The molecule has 0 atom stereocenters. The van der Waals surface area contributed by atoms with Gasteiger partial charge in [-0.2, -0.15) is 5.26 Å². The van der Waals surface area contributed by atoms with Gasteiger partial charge in [-0.3, -0.25) is 15.6 Å². The van der Waals surface area contributed by atoms with Gasteiger partial charge in [-0.1, -0.05) is 23.7 Å². The Morgan fingerprint density at radius 1 is 1.41 bits per heavy atom. The SMILES string of the molecule is N#C/C=C(\N)NNC(=O)Cc1ccc(Cl)cc1. The molecule has 0 heterocycles. The number of benzene rings is 1. The van der Waals surface area contributed by atoms with E-state index < -0.39 is 0 Å². The van der Waals surface area contributed by atoms with Crippen LogP contribution in [0.15, 0.2) is 36.2 Å². The van der Waals surface area contributed by atoms with Crippen molar-refractivity contribution in [3.05, 3.63) is 46.7 Å². The smallest absolute Gasteiger partial charge is 0.242 e. The van der Waals surface area contributed by atoms with E-state index in [1.165, 1.54) is 0 Å². The van der Waals surface area contributed by atoms with Crippen LogP contribution < -0.4 is 16.6 Å². The molecule has 0 fully saturated rings. The Balaban J connectivity index is 2.43. The summed E-state index contributed by atoms with van der Waals surface area (Å²) < 4.78 is 0. The quantitative estimate of drug-likeness (QED) is 0.545. The lowest BCUT2D eigenvalue weighted by atomic mass is 10.1. The van der Waals surface area contributed by atoms with Gasteiger partial charge in [0.1, 0.15) is 5.82 Å². The Hall–Kier alpha value is -2.19. The van der Waals surface area contributed by atoms with E-state index in [1.807, 2.05) is 0 Å². The third-order valence-corrected chi connectivity index (χ3v) is 2.10. The summed E-state index contributed by atoms with van der Waals surface area (Å²) in [6, 6.07) is 8.67. The van der Waals surface area contributed by atoms with Crippen molar-refractivity contribution in [3.63, 3.8) is 0 Å². The van der Waals surface area contributed by atoms with Gasteiger partial charge in [0, 0.05) is 5.02 Å². The molecule has 0 radical (unpaired) electrons. The van der Waals surface area contributed by atoms with Crippen molar-refractivity contribution in [2.24, 2.45) is 5.73 Å². The van der Waals surface area contributed by atoms with Crippen LogP contribution in [0.5, 0.6) is 0 Å². The van der Waals surface area contributed by atoms with Crippen molar-refractivity contribution >= 4 is 17.5 Å². The molecule has 5 nitrogen and oxygen atoms in total. The third kappa shape index (κ3) is 4.91. The van der Waals surface area contributed by atoms with Crippen molar-refractivity contribution in [3.8, 4) is 6.07 Å². The average molecular weight is 251 g/mol. The van der Waals surface area contributed by atoms with E-state index in [9.17, 15) is 4.79 Å². The first kappa shape index (κ1) is 12.9. The van der Waals surface area contributed by atoms with Gasteiger partial charge in [-0.05, 0) is 17.7 Å². The fourth-order valence-corrected chi connectivity index (χ4v) is 1.21. The maximum absolute atomic E-state index is 11.4. The van der Waals surface area contributed by atoms with Crippen molar-refractivity contribution in [2.45, 2.75) is 6.42 Å². The van der Waals surface area contributed by atoms with Crippen LogP contribution in [0.4, 0.5) is 0 Å². The van der Waals surface area contributed by atoms with E-state index >= 15 is 0 Å². The lowest BCUT2D eigenvalue weighted by molar-refractivity contribution is -0.121. The molecule has 1 amide bonds. The number of nitrogens with one attached hydrogen (secondary N) is 2. The van der Waals surface area contributed by atoms with Gasteiger partial charge in [-0.15, -0.1) is 0 Å². The molecule has 1 rings (SSSR count). The van der Waals surface area contributed by atoms with Gasteiger partial charge in [0.15, 0.2) is 0 Å². The fraction of sp³-hybridized carbons (Fsp3) is 0.0909. The van der Waals surface area contributed by atoms with Gasteiger partial charge in [-0.25, -0.2) is 0 Å². The standard InChI is InChI=1S/C11H11ClN4O/c12-9-3-1-8(2-4-9)7-11(17)16-15-10(14)5-6-13/h1-5,15H,7,14H2,(H,16,17)/b10-5+. The van der Waals surface area contributed by atoms with Crippen LogP contribution in [0.1, 0.15) is 5.56 Å². The molecule has 1 aromatic carbocycles. The van der Waals surface area contributed by atoms with E-state index in [2.05, 4.69) is 10.9 Å². The Morgan fingerprint density at radius 2 is 2.06 bits per heavy atom. The second-order valence-corrected chi connectivity index (χ2v) is 3.64. The molecule has 6 heteroatoms. The molecule has 17 heavy (non-hydrogen) atoms. The number of allylic oxidation sites excluding steroid dienone is 1. The fourth-order valence-electron chi connectivity index (χ4n) is 1.08. The number of rotatable bonds is 4. The second-order valence-electron chi connectivity index (χ2n) is 3.21. The lowest BCUT2D eigenvalue weighted by Gasteiger charge is -2.07. The molecule has 0 spiro atoms. The van der Waals surface area contributed by atoms with Gasteiger partial charge < -0.3 is 5.73 Å². The monoisotopic (exact) mass is 250 g/mol. The molecule has 1 aromatic rings. The van der Waals surface area contributed by atoms with E-state index in [4.69, 9.17) is 22.6 Å². The molecule has 88 valence electrons. The molecule has 0 aromatic heterocycles. The van der Waals surface area contributed by atoms with Crippen LogP contribution in [0, 0.1) is 11.3 Å². The van der Waals surface area contributed by atoms with Crippen LogP contribution in [-0.2, 0) is 11.2 Å². The van der Waals surface area contributed by atoms with Crippen molar-refractivity contribution in [1.82, 2.24) is 10.9 Å². The molecule has 0 saturated carbocycles. The molecule has 0 aliphatic heterocycles. The molecule has 4 N–H and O–H groups in total. The number of halogens is 1. The summed E-state index contributed by atoms with van der Waals surface area (Å²) in [6.45, 7) is 0. The van der Waals surface area contributed by atoms with E-state index in [1.54, 1.807) is 30.3 Å². The first-order valence-corrected chi connectivity index (χ1v) is 5.14. The molecular formula is C11H11ClN4O. The zero-order valence-corrected chi connectivity index (χ0v) is 9.66. The predicted molar refractivity (Wildman–Crippen MR) is 64.3 cm³/mol. The number of nitrogens with zero attached hydrogens (tertiary/aromatic N) is 1. The number of nitriles is 1. The Kier molecular flexibility index (Phi) is 4.85. The molecule has 0 bridgehead atoms. The Morgan fingerprint density at radius 3 is 2.65 bits per heavy atom. The minimum atomic E-state index is -0.262. The van der Waals surface area contributed by atoms with Gasteiger partial charge in [0.2, 0.25) is 5.91 Å². The third-order valence-electron chi connectivity index (χ3n) is 1.84. The zero-order valence-electron chi connectivity index (χ0n) is 8.90. The molecule has 0 saturated heterocycles. The molecular weight excluding hydrogens is 240 g/mol. The zero-order chi connectivity index (χ0) is 12.7. The summed E-state index contributed by atoms with van der Waals surface area (Å²) >= 11 is 5.72. The number of amides is 1. The number of hydrazine groups is 1. The van der Waals surface area contributed by atoms with E-state index in [-0.39, 0.29) is 18.1 Å². The summed E-state index contributed by atoms with van der Waals surface area (Å²) in [5, 5.41) is 8.91. The first-order chi connectivity index (χ1) is 8.11. The van der Waals surface area contributed by atoms with Gasteiger partial charge >= 0.3 is 0 Å². The van der Waals surface area contributed by atoms with E-state index in [0.717, 1.165) is 11.6 Å². The topological polar surface area (TPSA) is 90.9 Å². The highest BCUT2D eigenvalue weighted by Crippen LogP contribution is 2.09. The molecule has 0 aliphatic carbocycles. The van der Waals surface area contributed by atoms with Crippen LogP contribution in [0.3, 0.4) is 0 Å². The minimum absolute atomic E-state index is 0.0805. The Labute approximate surface area is 104 Å². The van der Waals surface area contributed by atoms with E-state index in [0.29, 0.717) is 5.02 Å². The van der Waals surface area contributed by atoms with Crippen LogP contribution >= 0.6 is 11.6 Å². The van der Waals surface area contributed by atoms with Gasteiger partial charge in [0.05, 0.1) is 18.6 Å². The number of hydrogen-bond acceptors (Lipinski definition) is 4. The Bertz CT molecular complexity index is 461. The van der Waals surface area contributed by atoms with Crippen LogP contribution in [-0.4, -0.2) is 5.91 Å². The summed E-state index contributed by atoms with van der Waals surface area (Å²) in [5.41, 5.74) is 10.9. The molecule has 0 aliphatic rings. The number of hydrogen-bond donors (Lipinski definition) is 3. The lowest BCUT2D eigenvalue weighted by Crippen LogP contribution is -2.40. The van der Waals surface area contributed by atoms with Gasteiger partial charge in [0.25, 0.3) is 0 Å². The maximum Gasteiger partial charge on any atom is 0.242 e.